The Labute approximate surface area is 110 Å². The van der Waals surface area contributed by atoms with E-state index in [0.29, 0.717) is 11.5 Å². The molecule has 2 nitrogen and oxygen atoms in total. The molecule has 0 saturated carbocycles. The SMILES string of the molecule is Fc1ccc([O][Zr][O]c2ccc(F)cc2)cc1. The van der Waals surface area contributed by atoms with Gasteiger partial charge in [0.05, 0.1) is 0 Å². The summed E-state index contributed by atoms with van der Waals surface area (Å²) in [6, 6.07) is 11.5. The van der Waals surface area contributed by atoms with Crippen molar-refractivity contribution in [3.8, 4) is 11.5 Å². The van der Waals surface area contributed by atoms with Gasteiger partial charge in [-0.2, -0.15) is 0 Å². The molecular weight excluding hydrogens is 305 g/mol. The van der Waals surface area contributed by atoms with Crippen molar-refractivity contribution < 1.29 is 38.5 Å². The summed E-state index contributed by atoms with van der Waals surface area (Å²) in [7, 11) is 0. The predicted octanol–water partition coefficient (Wildman–Crippen LogP) is 3.34. The van der Waals surface area contributed by atoms with E-state index in [1.165, 1.54) is 24.3 Å². The first-order valence-electron chi connectivity index (χ1n) is 4.84. The third-order valence-electron chi connectivity index (χ3n) is 1.95. The van der Waals surface area contributed by atoms with Gasteiger partial charge in [0.25, 0.3) is 0 Å². The molecule has 5 heteroatoms. The number of halogens is 2. The quantitative estimate of drug-likeness (QED) is 0.862. The molecule has 0 N–H and O–H groups in total. The first-order chi connectivity index (χ1) is 8.24. The van der Waals surface area contributed by atoms with Crippen LogP contribution in [0.1, 0.15) is 0 Å². The first kappa shape index (κ1) is 12.2. The van der Waals surface area contributed by atoms with Crippen molar-refractivity contribution in [1.29, 1.82) is 0 Å². The van der Waals surface area contributed by atoms with E-state index in [1.54, 1.807) is 24.3 Å². The summed E-state index contributed by atoms with van der Waals surface area (Å²) in [4.78, 5) is 0. The molecule has 0 bridgehead atoms. The van der Waals surface area contributed by atoms with Gasteiger partial charge in [0.15, 0.2) is 0 Å². The van der Waals surface area contributed by atoms with Crippen molar-refractivity contribution in [2.45, 2.75) is 0 Å². The molecule has 0 aromatic heterocycles. The van der Waals surface area contributed by atoms with Crippen LogP contribution in [0, 0.1) is 11.6 Å². The fraction of sp³-hybridized carbons (Fsp3) is 0. The molecule has 0 aliphatic rings. The zero-order valence-electron chi connectivity index (χ0n) is 8.69. The van der Waals surface area contributed by atoms with Gasteiger partial charge < -0.3 is 0 Å². The summed E-state index contributed by atoms with van der Waals surface area (Å²) in [6.45, 7) is 0. The molecule has 0 aliphatic heterocycles. The Hall–Kier alpha value is -1.22. The Morgan fingerprint density at radius 3 is 1.35 bits per heavy atom. The van der Waals surface area contributed by atoms with Crippen molar-refractivity contribution in [3.05, 3.63) is 60.2 Å². The van der Waals surface area contributed by atoms with Crippen LogP contribution in [0.2, 0.25) is 0 Å². The molecule has 0 spiro atoms. The van der Waals surface area contributed by atoms with E-state index in [-0.39, 0.29) is 11.6 Å². The molecule has 0 heterocycles. The van der Waals surface area contributed by atoms with E-state index in [1.807, 2.05) is 0 Å². The minimum absolute atomic E-state index is 0.304. The van der Waals surface area contributed by atoms with Crippen LogP contribution in [0.4, 0.5) is 8.78 Å². The third-order valence-corrected chi connectivity index (χ3v) is 3.51. The summed E-state index contributed by atoms with van der Waals surface area (Å²) in [6.07, 6.45) is 0. The van der Waals surface area contributed by atoms with Crippen molar-refractivity contribution in [1.82, 2.24) is 0 Å². The van der Waals surface area contributed by atoms with Gasteiger partial charge in [0.2, 0.25) is 0 Å². The number of benzene rings is 2. The van der Waals surface area contributed by atoms with Crippen LogP contribution in [0.15, 0.2) is 48.5 Å². The molecule has 2 rings (SSSR count). The number of rotatable bonds is 4. The Morgan fingerprint density at radius 2 is 1.00 bits per heavy atom. The van der Waals surface area contributed by atoms with E-state index in [2.05, 4.69) is 0 Å². The molecule has 86 valence electrons. The van der Waals surface area contributed by atoms with Gasteiger partial charge in [-0.15, -0.1) is 0 Å². The molecule has 0 fully saturated rings. The standard InChI is InChI=1S/2C6H5FO.Zr/c2*7-5-1-3-6(8)4-2-5;/h2*1-4,8H;/q;;+2/p-2. The molecule has 0 saturated heterocycles. The maximum atomic E-state index is 12.6. The van der Waals surface area contributed by atoms with Crippen LogP contribution in [0.5, 0.6) is 11.5 Å². The van der Waals surface area contributed by atoms with Crippen molar-refractivity contribution in [2.24, 2.45) is 0 Å². The maximum absolute atomic E-state index is 12.6. The monoisotopic (exact) mass is 312 g/mol. The Bertz CT molecular complexity index is 425. The topological polar surface area (TPSA) is 18.5 Å². The van der Waals surface area contributed by atoms with Crippen LogP contribution in [-0.4, -0.2) is 0 Å². The Kier molecular flexibility index (Phi) is 4.26. The summed E-state index contributed by atoms with van der Waals surface area (Å²) in [5.74, 6) is 0.560. The molecule has 2 aromatic rings. The molecule has 0 amide bonds. The summed E-state index contributed by atoms with van der Waals surface area (Å²) in [5, 5.41) is 0. The molecule has 17 heavy (non-hydrogen) atoms. The molecule has 0 atom stereocenters. The molecule has 2 aromatic carbocycles. The van der Waals surface area contributed by atoms with Crippen LogP contribution < -0.4 is 5.63 Å². The van der Waals surface area contributed by atoms with Gasteiger partial charge in [-0.25, -0.2) is 0 Å². The fourth-order valence-corrected chi connectivity index (χ4v) is 2.37. The van der Waals surface area contributed by atoms with Gasteiger partial charge in [-0.05, 0) is 0 Å². The van der Waals surface area contributed by atoms with Crippen molar-refractivity contribution >= 4 is 0 Å². The fourth-order valence-electron chi connectivity index (χ4n) is 1.12. The summed E-state index contributed by atoms with van der Waals surface area (Å²) >= 11 is -1.53. The number of hydrogen-bond acceptors (Lipinski definition) is 2. The van der Waals surface area contributed by atoms with E-state index < -0.39 is 24.1 Å². The average Bonchev–Trinajstić information content (AvgIpc) is 2.34. The number of hydrogen-bond donors (Lipinski definition) is 0. The zero-order chi connectivity index (χ0) is 12.1. The minimum atomic E-state index is -1.53. The predicted molar refractivity (Wildman–Crippen MR) is 54.1 cm³/mol. The summed E-state index contributed by atoms with van der Waals surface area (Å²) < 4.78 is 36.0. The zero-order valence-corrected chi connectivity index (χ0v) is 11.1. The van der Waals surface area contributed by atoms with Gasteiger partial charge in [0, 0.05) is 0 Å². The van der Waals surface area contributed by atoms with E-state index >= 15 is 0 Å². The van der Waals surface area contributed by atoms with Gasteiger partial charge in [-0.3, -0.25) is 0 Å². The Morgan fingerprint density at radius 1 is 0.647 bits per heavy atom. The molecule has 0 radical (unpaired) electrons. The normalized spacial score (nSPS) is 9.76. The van der Waals surface area contributed by atoms with E-state index in [9.17, 15) is 8.78 Å². The van der Waals surface area contributed by atoms with Crippen LogP contribution in [-0.2, 0) is 24.1 Å². The second-order valence-corrected chi connectivity index (χ2v) is 4.61. The van der Waals surface area contributed by atoms with E-state index in [4.69, 9.17) is 5.63 Å². The van der Waals surface area contributed by atoms with Gasteiger partial charge >= 0.3 is 110 Å². The Balaban J connectivity index is 1.83. The van der Waals surface area contributed by atoms with E-state index in [0.717, 1.165) is 0 Å². The van der Waals surface area contributed by atoms with Crippen LogP contribution in [0.25, 0.3) is 0 Å². The van der Waals surface area contributed by atoms with Crippen molar-refractivity contribution in [3.63, 3.8) is 0 Å². The first-order valence-corrected chi connectivity index (χ1v) is 6.84. The molecule has 0 aliphatic carbocycles. The van der Waals surface area contributed by atoms with Gasteiger partial charge in [-0.1, -0.05) is 0 Å². The third kappa shape index (κ3) is 3.93. The second-order valence-electron chi connectivity index (χ2n) is 3.20. The summed E-state index contributed by atoms with van der Waals surface area (Å²) in [5.41, 5.74) is 0. The van der Waals surface area contributed by atoms with Crippen LogP contribution >= 0.6 is 0 Å². The molecule has 0 unspecified atom stereocenters. The second kappa shape index (κ2) is 5.92. The average molecular weight is 313 g/mol. The molecular formula is C12H8F2O2Zr. The van der Waals surface area contributed by atoms with Crippen LogP contribution in [0.3, 0.4) is 0 Å². The van der Waals surface area contributed by atoms with Crippen molar-refractivity contribution in [2.75, 3.05) is 0 Å². The van der Waals surface area contributed by atoms with Gasteiger partial charge in [0.1, 0.15) is 0 Å².